The van der Waals surface area contributed by atoms with Gasteiger partial charge in [0, 0.05) is 17.8 Å². The molecule has 3 aromatic rings. The van der Waals surface area contributed by atoms with Gasteiger partial charge in [0.05, 0.1) is 10.8 Å². The third-order valence-electron chi connectivity index (χ3n) is 11.7. The molecular formula is C37H38N6O4. The second-order valence-electron chi connectivity index (χ2n) is 14.5. The van der Waals surface area contributed by atoms with E-state index in [0.717, 1.165) is 28.1 Å². The maximum atomic E-state index is 14.6. The van der Waals surface area contributed by atoms with Gasteiger partial charge in [0.15, 0.2) is 0 Å². The zero-order valence-electron chi connectivity index (χ0n) is 26.4. The van der Waals surface area contributed by atoms with Crippen molar-refractivity contribution in [2.45, 2.75) is 86.9 Å². The Labute approximate surface area is 273 Å². The van der Waals surface area contributed by atoms with Crippen molar-refractivity contribution in [1.82, 2.24) is 20.4 Å². The molecule has 4 saturated heterocycles. The van der Waals surface area contributed by atoms with E-state index in [9.17, 15) is 19.2 Å². The van der Waals surface area contributed by atoms with E-state index in [4.69, 9.17) is 0 Å². The highest BCUT2D eigenvalue weighted by atomic mass is 16.2. The summed E-state index contributed by atoms with van der Waals surface area (Å²) >= 11 is 0. The molecular weight excluding hydrogens is 592 g/mol. The summed E-state index contributed by atoms with van der Waals surface area (Å²) in [6.07, 6.45) is 0.545. The van der Waals surface area contributed by atoms with Gasteiger partial charge in [-0.05, 0) is 54.0 Å². The van der Waals surface area contributed by atoms with Crippen molar-refractivity contribution in [2.24, 2.45) is 5.92 Å². The normalized spacial score (nSPS) is 34.4. The minimum atomic E-state index is -0.835. The monoisotopic (exact) mass is 630 g/mol. The van der Waals surface area contributed by atoms with Crippen molar-refractivity contribution in [2.75, 3.05) is 10.6 Å². The van der Waals surface area contributed by atoms with E-state index >= 15 is 0 Å². The van der Waals surface area contributed by atoms with Gasteiger partial charge < -0.3 is 31.1 Å². The van der Waals surface area contributed by atoms with E-state index in [2.05, 4.69) is 47.2 Å². The molecule has 6 aliphatic heterocycles. The fourth-order valence-corrected chi connectivity index (χ4v) is 10.0. The molecule has 0 aromatic heterocycles. The molecule has 0 saturated carbocycles. The third-order valence-corrected chi connectivity index (χ3v) is 11.7. The fourth-order valence-electron chi connectivity index (χ4n) is 10.0. The van der Waals surface area contributed by atoms with Crippen LogP contribution < -0.4 is 21.3 Å². The highest BCUT2D eigenvalue weighted by Crippen LogP contribution is 2.68. The number of nitrogens with one attached hydrogen (secondary N) is 4. The lowest BCUT2D eigenvalue weighted by Gasteiger charge is -2.48. The van der Waals surface area contributed by atoms with Crippen LogP contribution in [-0.4, -0.2) is 69.9 Å². The SMILES string of the molecule is CC(C)C[C@@H]1NC(=O)[C@@H]2C[C@@]3([C@@]45C[C@H]6C(=O)N[C@@H](Cc7ccccc7)C(=O)N6[C@@H]4Nc4ccccc45)c4ccccc4N[C@H]3N2C1=O. The first kappa shape index (κ1) is 28.4. The molecule has 10 heteroatoms. The Bertz CT molecular complexity index is 1850. The number of carbonyl (C=O) groups is 4. The van der Waals surface area contributed by atoms with Crippen LogP contribution in [0, 0.1) is 5.92 Å². The molecule has 6 heterocycles. The number of carbonyl (C=O) groups excluding carboxylic acids is 4. The summed E-state index contributed by atoms with van der Waals surface area (Å²) in [5, 5.41) is 13.6. The number of piperazine rings is 2. The predicted octanol–water partition coefficient (Wildman–Crippen LogP) is 2.85. The van der Waals surface area contributed by atoms with Crippen LogP contribution in [0.3, 0.4) is 0 Å². The van der Waals surface area contributed by atoms with Crippen LogP contribution >= 0.6 is 0 Å². The number of amides is 4. The molecule has 0 radical (unpaired) electrons. The van der Waals surface area contributed by atoms with Gasteiger partial charge in [0.2, 0.25) is 23.6 Å². The van der Waals surface area contributed by atoms with E-state index in [1.807, 2.05) is 66.7 Å². The maximum absolute atomic E-state index is 14.6. The van der Waals surface area contributed by atoms with Gasteiger partial charge in [0.1, 0.15) is 36.5 Å². The van der Waals surface area contributed by atoms with Crippen molar-refractivity contribution in [3.05, 3.63) is 95.6 Å². The Morgan fingerprint density at radius 2 is 1.11 bits per heavy atom. The predicted molar refractivity (Wildman–Crippen MR) is 175 cm³/mol. The summed E-state index contributed by atoms with van der Waals surface area (Å²) in [6, 6.07) is 23.2. The van der Waals surface area contributed by atoms with Crippen LogP contribution in [0.15, 0.2) is 78.9 Å². The number of hydrogen-bond acceptors (Lipinski definition) is 6. The molecule has 0 aliphatic carbocycles. The Kier molecular flexibility index (Phi) is 5.93. The van der Waals surface area contributed by atoms with E-state index in [1.165, 1.54) is 0 Å². The Morgan fingerprint density at radius 3 is 1.64 bits per heavy atom. The molecule has 8 atom stereocenters. The second kappa shape index (κ2) is 9.82. The zero-order valence-corrected chi connectivity index (χ0v) is 26.4. The highest BCUT2D eigenvalue weighted by Gasteiger charge is 2.78. The van der Waals surface area contributed by atoms with Gasteiger partial charge in [-0.15, -0.1) is 0 Å². The molecule has 0 unspecified atom stereocenters. The van der Waals surface area contributed by atoms with Gasteiger partial charge in [0.25, 0.3) is 0 Å². The Hall–Kier alpha value is -4.86. The van der Waals surface area contributed by atoms with Gasteiger partial charge in [-0.25, -0.2) is 0 Å². The molecule has 4 amide bonds. The topological polar surface area (TPSA) is 123 Å². The van der Waals surface area contributed by atoms with Gasteiger partial charge in [-0.1, -0.05) is 80.6 Å². The number of benzene rings is 3. The molecule has 0 bridgehead atoms. The molecule has 9 rings (SSSR count). The minimum Gasteiger partial charge on any atom is -0.364 e. The Balaban J connectivity index is 1.22. The van der Waals surface area contributed by atoms with Crippen LogP contribution in [0.1, 0.15) is 49.8 Å². The van der Waals surface area contributed by atoms with Crippen molar-refractivity contribution in [3.63, 3.8) is 0 Å². The smallest absolute Gasteiger partial charge is 0.247 e. The first-order valence-electron chi connectivity index (χ1n) is 16.8. The standard InChI is InChI=1S/C37H38N6O4/c1-20(2)16-26-32(46)42-28(30(44)38-26)18-36(22-12-6-8-14-24(22)40-34(36)42)37-19-29-31(45)39-27(17-21-10-4-3-5-11-21)33(47)43(29)35(37)41-25-15-9-7-13-23(25)37/h3-15,20,26-29,34-35,40-41H,16-19H2,1-2H3,(H,38,44)(H,39,45)/t26-,27-,28-,29-,34-,35-,36+,37+/m0/s1. The summed E-state index contributed by atoms with van der Waals surface area (Å²) in [5.41, 5.74) is 3.15. The lowest BCUT2D eigenvalue weighted by molar-refractivity contribution is -0.149. The molecule has 0 spiro atoms. The fraction of sp³-hybridized carbons (Fsp3) is 0.405. The number of nitrogens with zero attached hydrogens (tertiary/aromatic N) is 2. The van der Waals surface area contributed by atoms with Crippen molar-refractivity contribution < 1.29 is 19.2 Å². The Morgan fingerprint density at radius 1 is 0.638 bits per heavy atom. The molecule has 4 N–H and O–H groups in total. The minimum absolute atomic E-state index is 0.0878. The largest absolute Gasteiger partial charge is 0.364 e. The van der Waals surface area contributed by atoms with Crippen molar-refractivity contribution in [1.29, 1.82) is 0 Å². The number of rotatable bonds is 5. The quantitative estimate of drug-likeness (QED) is 0.344. The number of hydrogen-bond donors (Lipinski definition) is 4. The number of para-hydroxylation sites is 2. The second-order valence-corrected chi connectivity index (χ2v) is 14.5. The van der Waals surface area contributed by atoms with Crippen LogP contribution in [0.2, 0.25) is 0 Å². The average Bonchev–Trinajstić information content (AvgIpc) is 3.77. The average molecular weight is 631 g/mol. The van der Waals surface area contributed by atoms with Crippen LogP contribution in [0.5, 0.6) is 0 Å². The maximum Gasteiger partial charge on any atom is 0.247 e. The molecule has 240 valence electrons. The van der Waals surface area contributed by atoms with Crippen LogP contribution in [-0.2, 0) is 36.4 Å². The summed E-state index contributed by atoms with van der Waals surface area (Å²) in [5.74, 6) is -0.320. The van der Waals surface area contributed by atoms with E-state index in [-0.39, 0.29) is 29.5 Å². The zero-order chi connectivity index (χ0) is 32.2. The van der Waals surface area contributed by atoms with E-state index < -0.39 is 47.3 Å². The first-order valence-corrected chi connectivity index (χ1v) is 16.8. The summed E-state index contributed by atoms with van der Waals surface area (Å²) in [4.78, 5) is 60.6. The molecule has 4 fully saturated rings. The highest BCUT2D eigenvalue weighted by molar-refractivity contribution is 6.01. The van der Waals surface area contributed by atoms with Crippen LogP contribution in [0.4, 0.5) is 11.4 Å². The molecule has 47 heavy (non-hydrogen) atoms. The van der Waals surface area contributed by atoms with E-state index in [1.54, 1.807) is 9.80 Å². The first-order chi connectivity index (χ1) is 22.7. The van der Waals surface area contributed by atoms with Gasteiger partial charge in [-0.3, -0.25) is 19.2 Å². The lowest BCUT2D eigenvalue weighted by Crippen LogP contribution is -2.66. The van der Waals surface area contributed by atoms with Crippen molar-refractivity contribution in [3.8, 4) is 0 Å². The molecule has 3 aromatic carbocycles. The number of anilines is 2. The van der Waals surface area contributed by atoms with Gasteiger partial charge in [-0.2, -0.15) is 0 Å². The lowest BCUT2D eigenvalue weighted by atomic mass is 9.54. The van der Waals surface area contributed by atoms with Gasteiger partial charge >= 0.3 is 0 Å². The van der Waals surface area contributed by atoms with E-state index in [0.29, 0.717) is 25.7 Å². The van der Waals surface area contributed by atoms with Crippen molar-refractivity contribution >= 4 is 35.0 Å². The summed E-state index contributed by atoms with van der Waals surface area (Å²) in [7, 11) is 0. The third kappa shape index (κ3) is 3.61. The molecule has 6 aliphatic rings. The summed E-state index contributed by atoms with van der Waals surface area (Å²) < 4.78 is 0. The van der Waals surface area contributed by atoms with Crippen LogP contribution in [0.25, 0.3) is 0 Å². The molecule has 10 nitrogen and oxygen atoms in total. The number of fused-ring (bicyclic) bond motifs is 11. The summed E-state index contributed by atoms with van der Waals surface area (Å²) in [6.45, 7) is 4.10.